The molecule has 0 heterocycles. The maximum atomic E-state index is 9.75. The van der Waals surface area contributed by atoms with E-state index in [1.54, 1.807) is 12.1 Å². The van der Waals surface area contributed by atoms with Gasteiger partial charge in [-0.15, -0.1) is 0 Å². The van der Waals surface area contributed by atoms with Crippen LogP contribution in [0, 0.1) is 0 Å². The first kappa shape index (κ1) is 12.7. The number of ether oxygens (including phenoxy) is 1. The highest BCUT2D eigenvalue weighted by Gasteiger charge is 2.23. The minimum Gasteiger partial charge on any atom is -0.504 e. The predicted octanol–water partition coefficient (Wildman–Crippen LogP) is 1.89. The molecular formula is C13H12O6. The van der Waals surface area contributed by atoms with Gasteiger partial charge in [0.25, 0.3) is 0 Å². The Hall–Kier alpha value is -2.76. The van der Waals surface area contributed by atoms with Gasteiger partial charge in [0, 0.05) is 0 Å². The van der Waals surface area contributed by atoms with Crippen molar-refractivity contribution in [3.05, 3.63) is 24.3 Å². The molecule has 6 heteroatoms. The average molecular weight is 264 g/mol. The first-order valence-corrected chi connectivity index (χ1v) is 5.30. The van der Waals surface area contributed by atoms with E-state index in [4.69, 9.17) is 4.74 Å². The average Bonchev–Trinajstić information content (AvgIpc) is 2.44. The quantitative estimate of drug-likeness (QED) is 0.418. The molecule has 19 heavy (non-hydrogen) atoms. The summed E-state index contributed by atoms with van der Waals surface area (Å²) < 4.78 is 4.97. The Morgan fingerprint density at radius 1 is 0.684 bits per heavy atom. The number of methoxy groups -OCH3 is 1. The molecule has 0 spiro atoms. The van der Waals surface area contributed by atoms with E-state index in [1.807, 2.05) is 0 Å². The van der Waals surface area contributed by atoms with Gasteiger partial charge in [0.1, 0.15) is 5.75 Å². The van der Waals surface area contributed by atoms with E-state index in [0.717, 1.165) is 0 Å². The number of rotatable bonds is 2. The smallest absolute Gasteiger partial charge is 0.208 e. The summed E-state index contributed by atoms with van der Waals surface area (Å²) in [7, 11) is 1.49. The molecule has 0 unspecified atom stereocenters. The highest BCUT2D eigenvalue weighted by Crippen LogP contribution is 2.54. The van der Waals surface area contributed by atoms with Crippen molar-refractivity contribution in [2.45, 2.75) is 0 Å². The molecule has 0 radical (unpaired) electrons. The van der Waals surface area contributed by atoms with Crippen LogP contribution in [-0.2, 0) is 0 Å². The van der Waals surface area contributed by atoms with Crippen molar-refractivity contribution < 1.29 is 30.3 Å². The van der Waals surface area contributed by atoms with Crippen LogP contribution in [0.3, 0.4) is 0 Å². The van der Waals surface area contributed by atoms with Crippen LogP contribution in [0.2, 0.25) is 0 Å². The number of aromatic hydroxyl groups is 5. The lowest BCUT2D eigenvalue weighted by molar-refractivity contribution is 0.330. The molecular weight excluding hydrogens is 252 g/mol. The van der Waals surface area contributed by atoms with Gasteiger partial charge in [-0.25, -0.2) is 0 Å². The van der Waals surface area contributed by atoms with Crippen LogP contribution < -0.4 is 4.74 Å². The SMILES string of the molecule is COc1ccc(-c2c(O)c(O)c(O)c(O)c2O)cc1. The fourth-order valence-corrected chi connectivity index (χ4v) is 1.72. The van der Waals surface area contributed by atoms with Crippen molar-refractivity contribution in [3.8, 4) is 45.6 Å². The van der Waals surface area contributed by atoms with E-state index in [0.29, 0.717) is 11.3 Å². The zero-order chi connectivity index (χ0) is 14.2. The van der Waals surface area contributed by atoms with Gasteiger partial charge in [-0.3, -0.25) is 0 Å². The number of phenols is 5. The molecule has 0 atom stereocenters. The molecule has 0 saturated carbocycles. The standard InChI is InChI=1S/C13H12O6/c1-19-7-4-2-6(3-5-7)8-9(14)11(16)13(18)12(17)10(8)15/h2-5,14-18H,1H3. The third kappa shape index (κ3) is 1.93. The van der Waals surface area contributed by atoms with E-state index in [-0.39, 0.29) is 5.56 Å². The van der Waals surface area contributed by atoms with E-state index < -0.39 is 28.7 Å². The monoisotopic (exact) mass is 264 g/mol. The highest BCUT2D eigenvalue weighted by molar-refractivity contribution is 5.85. The molecule has 0 bridgehead atoms. The van der Waals surface area contributed by atoms with E-state index in [1.165, 1.54) is 19.2 Å². The second-order valence-electron chi connectivity index (χ2n) is 3.85. The molecule has 0 amide bonds. The van der Waals surface area contributed by atoms with E-state index in [2.05, 4.69) is 0 Å². The molecule has 2 rings (SSSR count). The lowest BCUT2D eigenvalue weighted by Crippen LogP contribution is -1.86. The molecule has 0 aromatic heterocycles. The van der Waals surface area contributed by atoms with Crippen LogP contribution in [-0.4, -0.2) is 32.6 Å². The summed E-state index contributed by atoms with van der Waals surface area (Å²) in [6.45, 7) is 0. The van der Waals surface area contributed by atoms with Crippen LogP contribution in [0.5, 0.6) is 34.5 Å². The van der Waals surface area contributed by atoms with Gasteiger partial charge in [0.05, 0.1) is 12.7 Å². The van der Waals surface area contributed by atoms with Gasteiger partial charge < -0.3 is 30.3 Å². The molecule has 0 fully saturated rings. The van der Waals surface area contributed by atoms with Crippen molar-refractivity contribution in [1.29, 1.82) is 0 Å². The fourth-order valence-electron chi connectivity index (χ4n) is 1.72. The van der Waals surface area contributed by atoms with E-state index in [9.17, 15) is 25.5 Å². The molecule has 0 saturated heterocycles. The Kier molecular flexibility index (Phi) is 3.00. The van der Waals surface area contributed by atoms with Crippen LogP contribution in [0.25, 0.3) is 11.1 Å². The minimum atomic E-state index is -0.979. The summed E-state index contributed by atoms with van der Waals surface area (Å²) >= 11 is 0. The Morgan fingerprint density at radius 3 is 1.53 bits per heavy atom. The highest BCUT2D eigenvalue weighted by atomic mass is 16.5. The molecule has 0 aliphatic heterocycles. The van der Waals surface area contributed by atoms with E-state index >= 15 is 0 Å². The molecule has 0 aliphatic rings. The second kappa shape index (κ2) is 4.49. The lowest BCUT2D eigenvalue weighted by atomic mass is 10.0. The largest absolute Gasteiger partial charge is 0.504 e. The zero-order valence-corrected chi connectivity index (χ0v) is 9.95. The van der Waals surface area contributed by atoms with Crippen molar-refractivity contribution in [2.24, 2.45) is 0 Å². The summed E-state index contributed by atoms with van der Waals surface area (Å²) in [5.41, 5.74) is 0.150. The van der Waals surface area contributed by atoms with Gasteiger partial charge in [0.2, 0.25) is 17.2 Å². The number of hydrogen-bond donors (Lipinski definition) is 5. The third-order valence-corrected chi connectivity index (χ3v) is 2.75. The summed E-state index contributed by atoms with van der Waals surface area (Å²) in [6, 6.07) is 6.19. The molecule has 2 aromatic carbocycles. The summed E-state index contributed by atoms with van der Waals surface area (Å²) in [5.74, 6) is -3.67. The van der Waals surface area contributed by atoms with Crippen LogP contribution in [0.1, 0.15) is 0 Å². The Bertz CT molecular complexity index is 589. The summed E-state index contributed by atoms with van der Waals surface area (Å²) in [6.07, 6.45) is 0. The van der Waals surface area contributed by atoms with Crippen molar-refractivity contribution in [1.82, 2.24) is 0 Å². The van der Waals surface area contributed by atoms with Gasteiger partial charge >= 0.3 is 0 Å². The molecule has 100 valence electrons. The Labute approximate surface area is 108 Å². The van der Waals surface area contributed by atoms with Crippen molar-refractivity contribution in [2.75, 3.05) is 7.11 Å². The molecule has 2 aromatic rings. The maximum absolute atomic E-state index is 9.75. The lowest BCUT2D eigenvalue weighted by Gasteiger charge is -2.12. The first-order valence-electron chi connectivity index (χ1n) is 5.30. The normalized spacial score (nSPS) is 10.4. The van der Waals surface area contributed by atoms with Crippen LogP contribution in [0.4, 0.5) is 0 Å². The maximum Gasteiger partial charge on any atom is 0.208 e. The summed E-state index contributed by atoms with van der Waals surface area (Å²) in [4.78, 5) is 0. The number of benzene rings is 2. The fraction of sp³-hybridized carbons (Fsp3) is 0.0769. The predicted molar refractivity (Wildman–Crippen MR) is 66.8 cm³/mol. The topological polar surface area (TPSA) is 110 Å². The molecule has 5 N–H and O–H groups in total. The van der Waals surface area contributed by atoms with Gasteiger partial charge in [0.15, 0.2) is 11.5 Å². The minimum absolute atomic E-state index is 0.185. The molecule has 6 nitrogen and oxygen atoms in total. The van der Waals surface area contributed by atoms with Crippen LogP contribution in [0.15, 0.2) is 24.3 Å². The summed E-state index contributed by atoms with van der Waals surface area (Å²) in [5, 5.41) is 47.7. The second-order valence-corrected chi connectivity index (χ2v) is 3.85. The number of hydrogen-bond acceptors (Lipinski definition) is 6. The zero-order valence-electron chi connectivity index (χ0n) is 9.95. The first-order chi connectivity index (χ1) is 8.97. The van der Waals surface area contributed by atoms with Gasteiger partial charge in [-0.05, 0) is 17.7 Å². The van der Waals surface area contributed by atoms with Crippen molar-refractivity contribution >= 4 is 0 Å². The van der Waals surface area contributed by atoms with Gasteiger partial charge in [-0.2, -0.15) is 0 Å². The third-order valence-electron chi connectivity index (χ3n) is 2.75. The van der Waals surface area contributed by atoms with Crippen molar-refractivity contribution in [3.63, 3.8) is 0 Å². The Balaban J connectivity index is 2.67. The van der Waals surface area contributed by atoms with Gasteiger partial charge in [-0.1, -0.05) is 12.1 Å². The molecule has 0 aliphatic carbocycles. The number of phenolic OH excluding ortho intramolecular Hbond substituents is 5. The Morgan fingerprint density at radius 2 is 1.11 bits per heavy atom. The van der Waals surface area contributed by atoms with Crippen LogP contribution >= 0.6 is 0 Å².